The van der Waals surface area contributed by atoms with E-state index in [4.69, 9.17) is 9.47 Å². The van der Waals surface area contributed by atoms with E-state index in [1.54, 1.807) is 6.07 Å². The SMILES string of the molecule is CCc1ccc(C2OCc3ccc(C(OC(CO)C(C)O)C(O)O)cc32)cc1. The largest absolute Gasteiger partial charge is 0.394 e. The highest BCUT2D eigenvalue weighted by Crippen LogP contribution is 2.38. The van der Waals surface area contributed by atoms with Gasteiger partial charge >= 0.3 is 0 Å². The smallest absolute Gasteiger partial charge is 0.182 e. The minimum absolute atomic E-state index is 0.234. The highest BCUT2D eigenvalue weighted by Gasteiger charge is 2.30. The molecule has 1 aliphatic heterocycles. The molecule has 6 heteroatoms. The number of benzene rings is 2. The number of aryl methyl sites for hydroxylation is 1. The van der Waals surface area contributed by atoms with Crippen molar-refractivity contribution in [2.24, 2.45) is 0 Å². The fourth-order valence-electron chi connectivity index (χ4n) is 3.45. The van der Waals surface area contributed by atoms with Crippen molar-refractivity contribution in [1.29, 1.82) is 0 Å². The second kappa shape index (κ2) is 9.13. The second-order valence-electron chi connectivity index (χ2n) is 7.18. The Labute approximate surface area is 165 Å². The average molecular weight is 388 g/mol. The lowest BCUT2D eigenvalue weighted by Crippen LogP contribution is -2.35. The Morgan fingerprint density at radius 3 is 2.39 bits per heavy atom. The minimum Gasteiger partial charge on any atom is -0.394 e. The van der Waals surface area contributed by atoms with Crippen LogP contribution in [0, 0.1) is 0 Å². The molecule has 6 nitrogen and oxygen atoms in total. The Morgan fingerprint density at radius 2 is 1.82 bits per heavy atom. The molecule has 0 saturated carbocycles. The first-order chi connectivity index (χ1) is 13.4. The van der Waals surface area contributed by atoms with Gasteiger partial charge in [0.05, 0.1) is 19.3 Å². The van der Waals surface area contributed by atoms with E-state index in [0.29, 0.717) is 12.2 Å². The van der Waals surface area contributed by atoms with Gasteiger partial charge in [0.25, 0.3) is 0 Å². The molecule has 4 unspecified atom stereocenters. The summed E-state index contributed by atoms with van der Waals surface area (Å²) in [6.07, 6.45) is -4.03. The third-order valence-electron chi connectivity index (χ3n) is 5.19. The summed E-state index contributed by atoms with van der Waals surface area (Å²) < 4.78 is 11.6. The van der Waals surface area contributed by atoms with Crippen LogP contribution in [0.2, 0.25) is 0 Å². The summed E-state index contributed by atoms with van der Waals surface area (Å²) in [7, 11) is 0. The van der Waals surface area contributed by atoms with Gasteiger partial charge in [-0.15, -0.1) is 0 Å². The summed E-state index contributed by atoms with van der Waals surface area (Å²) in [6.45, 7) is 3.64. The van der Waals surface area contributed by atoms with Crippen LogP contribution < -0.4 is 0 Å². The maximum atomic E-state index is 9.82. The highest BCUT2D eigenvalue weighted by molar-refractivity contribution is 5.42. The molecule has 0 aromatic heterocycles. The van der Waals surface area contributed by atoms with Crippen LogP contribution in [0.3, 0.4) is 0 Å². The summed E-state index contributed by atoms with van der Waals surface area (Å²) in [5.41, 5.74) is 4.82. The van der Waals surface area contributed by atoms with Crippen LogP contribution in [0.4, 0.5) is 0 Å². The van der Waals surface area contributed by atoms with Crippen LogP contribution in [0.1, 0.15) is 53.9 Å². The van der Waals surface area contributed by atoms with Crippen molar-refractivity contribution < 1.29 is 29.9 Å². The zero-order valence-corrected chi connectivity index (χ0v) is 16.2. The quantitative estimate of drug-likeness (QED) is 0.516. The summed E-state index contributed by atoms with van der Waals surface area (Å²) in [4.78, 5) is 0. The van der Waals surface area contributed by atoms with Crippen molar-refractivity contribution in [1.82, 2.24) is 0 Å². The van der Waals surface area contributed by atoms with Crippen LogP contribution in [-0.4, -0.2) is 45.5 Å². The number of hydrogen-bond acceptors (Lipinski definition) is 6. The normalized spacial score (nSPS) is 19.5. The van der Waals surface area contributed by atoms with E-state index in [-0.39, 0.29) is 6.10 Å². The van der Waals surface area contributed by atoms with E-state index in [9.17, 15) is 20.4 Å². The van der Waals surface area contributed by atoms with Gasteiger partial charge in [0.1, 0.15) is 18.3 Å². The third kappa shape index (κ3) is 4.43. The number of fused-ring (bicyclic) bond motifs is 1. The first-order valence-corrected chi connectivity index (χ1v) is 9.58. The first-order valence-electron chi connectivity index (χ1n) is 9.58. The van der Waals surface area contributed by atoms with Crippen molar-refractivity contribution in [3.05, 3.63) is 70.3 Å². The molecule has 0 amide bonds. The number of aliphatic hydroxyl groups is 4. The average Bonchev–Trinajstić information content (AvgIpc) is 3.11. The fourth-order valence-corrected chi connectivity index (χ4v) is 3.45. The summed E-state index contributed by atoms with van der Waals surface area (Å²) >= 11 is 0. The topological polar surface area (TPSA) is 99.4 Å². The molecule has 0 radical (unpaired) electrons. The van der Waals surface area contributed by atoms with Crippen molar-refractivity contribution in [2.45, 2.75) is 57.6 Å². The Morgan fingerprint density at radius 1 is 1.11 bits per heavy atom. The first kappa shape index (κ1) is 20.9. The predicted molar refractivity (Wildman–Crippen MR) is 104 cm³/mol. The molecular weight excluding hydrogens is 360 g/mol. The van der Waals surface area contributed by atoms with Crippen molar-refractivity contribution >= 4 is 0 Å². The molecule has 2 aromatic rings. The lowest BCUT2D eigenvalue weighted by molar-refractivity contribution is -0.188. The fraction of sp³-hybridized carbons (Fsp3) is 0.455. The molecule has 1 aliphatic rings. The molecule has 28 heavy (non-hydrogen) atoms. The lowest BCUT2D eigenvalue weighted by atomic mass is 9.95. The number of aliphatic hydroxyl groups excluding tert-OH is 3. The van der Waals surface area contributed by atoms with Gasteiger partial charge in [-0.1, -0.05) is 43.3 Å². The molecule has 4 N–H and O–H groups in total. The summed E-state index contributed by atoms with van der Waals surface area (Å²) in [5.74, 6) is 0. The van der Waals surface area contributed by atoms with Gasteiger partial charge in [0.2, 0.25) is 0 Å². The van der Waals surface area contributed by atoms with Crippen LogP contribution in [0.15, 0.2) is 42.5 Å². The molecule has 3 rings (SSSR count). The Kier molecular flexibility index (Phi) is 6.82. The molecule has 0 spiro atoms. The van der Waals surface area contributed by atoms with Gasteiger partial charge in [0.15, 0.2) is 6.29 Å². The molecule has 1 heterocycles. The standard InChI is InChI=1S/C22H28O6/c1-3-14-4-6-15(7-5-14)20-18-10-16(8-9-17(18)12-27-20)21(22(25)26)28-19(11-23)13(2)24/h4-10,13,19-26H,3,11-12H2,1-2H3. The van der Waals surface area contributed by atoms with E-state index >= 15 is 0 Å². The number of rotatable bonds is 8. The zero-order chi connectivity index (χ0) is 20.3. The summed E-state index contributed by atoms with van der Waals surface area (Å²) in [6, 6.07) is 13.8. The Bertz CT molecular complexity index is 771. The predicted octanol–water partition coefficient (Wildman–Crippen LogP) is 1.98. The van der Waals surface area contributed by atoms with Crippen LogP contribution >= 0.6 is 0 Å². The number of ether oxygens (including phenoxy) is 2. The van der Waals surface area contributed by atoms with Gasteiger partial charge in [-0.25, -0.2) is 0 Å². The molecule has 0 saturated heterocycles. The third-order valence-corrected chi connectivity index (χ3v) is 5.19. The maximum absolute atomic E-state index is 9.82. The van der Waals surface area contributed by atoms with Gasteiger partial charge in [-0.3, -0.25) is 0 Å². The van der Waals surface area contributed by atoms with Crippen molar-refractivity contribution in [3.63, 3.8) is 0 Å². The number of hydrogen-bond donors (Lipinski definition) is 4. The molecule has 4 atom stereocenters. The van der Waals surface area contributed by atoms with E-state index in [1.807, 2.05) is 12.1 Å². The molecular formula is C22H28O6. The van der Waals surface area contributed by atoms with Gasteiger partial charge < -0.3 is 29.9 Å². The monoisotopic (exact) mass is 388 g/mol. The van der Waals surface area contributed by atoms with Crippen LogP contribution in [0.5, 0.6) is 0 Å². The van der Waals surface area contributed by atoms with E-state index in [1.165, 1.54) is 12.5 Å². The maximum Gasteiger partial charge on any atom is 0.182 e. The summed E-state index contributed by atoms with van der Waals surface area (Å²) in [5, 5.41) is 38.7. The molecule has 152 valence electrons. The Hall–Kier alpha value is -1.80. The lowest BCUT2D eigenvalue weighted by Gasteiger charge is -2.27. The molecule has 2 aromatic carbocycles. The molecule has 0 fully saturated rings. The molecule has 0 bridgehead atoms. The minimum atomic E-state index is -1.80. The highest BCUT2D eigenvalue weighted by atomic mass is 16.6. The van der Waals surface area contributed by atoms with Gasteiger partial charge in [-0.05, 0) is 47.2 Å². The zero-order valence-electron chi connectivity index (χ0n) is 16.2. The van der Waals surface area contributed by atoms with E-state index < -0.39 is 31.2 Å². The second-order valence-corrected chi connectivity index (χ2v) is 7.18. The van der Waals surface area contributed by atoms with E-state index in [2.05, 4.69) is 31.2 Å². The van der Waals surface area contributed by atoms with Crippen LogP contribution in [-0.2, 0) is 22.5 Å². The van der Waals surface area contributed by atoms with Crippen molar-refractivity contribution in [2.75, 3.05) is 6.61 Å². The van der Waals surface area contributed by atoms with E-state index in [0.717, 1.165) is 23.1 Å². The Balaban J connectivity index is 1.90. The van der Waals surface area contributed by atoms with Gasteiger partial charge in [0, 0.05) is 0 Å². The molecule has 0 aliphatic carbocycles. The van der Waals surface area contributed by atoms with Crippen LogP contribution in [0.25, 0.3) is 0 Å². The van der Waals surface area contributed by atoms with Gasteiger partial charge in [-0.2, -0.15) is 0 Å². The van der Waals surface area contributed by atoms with Crippen molar-refractivity contribution in [3.8, 4) is 0 Å².